The Kier molecular flexibility index (Phi) is 87.2. The van der Waals surface area contributed by atoms with Gasteiger partial charge in [-0.2, -0.15) is 0 Å². The minimum absolute atomic E-state index is 0.257. The third-order valence-corrected chi connectivity index (χ3v) is 6.30. The summed E-state index contributed by atoms with van der Waals surface area (Å²) >= 11 is 0. The lowest BCUT2D eigenvalue weighted by Gasteiger charge is -2.05. The molecule has 0 unspecified atom stereocenters. The number of rotatable bonds is 36. The van der Waals surface area contributed by atoms with Crippen molar-refractivity contribution in [1.29, 1.82) is 0 Å². The molecular formula is C47H81N6O30+. The molecule has 1 atom stereocenters. The topological polar surface area (TPSA) is 685 Å². The van der Waals surface area contributed by atoms with E-state index in [4.69, 9.17) is 86.2 Å². The number of carbonyl (C=O) groups is 12. The van der Waals surface area contributed by atoms with Gasteiger partial charge in [0.2, 0.25) is 0 Å². The number of aliphatic hydroxyl groups is 1. The molecule has 0 aromatic rings. The van der Waals surface area contributed by atoms with Gasteiger partial charge in [-0.1, -0.05) is 13.0 Å². The second kappa shape index (κ2) is 77.4. The van der Waals surface area contributed by atoms with Crippen LogP contribution in [0.25, 0.3) is 0 Å². The van der Waals surface area contributed by atoms with Crippen molar-refractivity contribution in [2.24, 2.45) is 11.5 Å². The summed E-state index contributed by atoms with van der Waals surface area (Å²) in [6.45, 7) is 14.2. The number of aliphatic hydroxyl groups excluding tert-OH is 1. The van der Waals surface area contributed by atoms with Crippen LogP contribution in [0.4, 0.5) is 0 Å². The van der Waals surface area contributed by atoms with Crippen molar-refractivity contribution in [2.75, 3.05) is 98.8 Å². The van der Waals surface area contributed by atoms with Crippen molar-refractivity contribution in [3.05, 3.63) is 85.3 Å². The van der Waals surface area contributed by atoms with Crippen LogP contribution in [0.3, 0.4) is 0 Å². The molecule has 478 valence electrons. The summed E-state index contributed by atoms with van der Waals surface area (Å²) in [6.07, 6.45) is 11.1. The normalized spacial score (nSPS) is 10.2. The lowest BCUT2D eigenvalue weighted by Crippen LogP contribution is -2.52. The Morgan fingerprint density at radius 1 is 0.361 bits per heavy atom. The van der Waals surface area contributed by atoms with E-state index in [9.17, 15) is 72.9 Å². The lowest BCUT2D eigenvalue weighted by molar-refractivity contribution is -0.376. The molecule has 0 aliphatic heterocycles. The maximum absolute atomic E-state index is 10.1. The van der Waals surface area contributed by atoms with Crippen LogP contribution in [0.5, 0.6) is 0 Å². The zero-order chi connectivity index (χ0) is 66.2. The summed E-state index contributed by atoms with van der Waals surface area (Å²) in [7, 11) is 0. The van der Waals surface area contributed by atoms with Crippen LogP contribution in [0.2, 0.25) is 0 Å². The molecule has 0 heterocycles. The molecule has 83 heavy (non-hydrogen) atoms. The van der Waals surface area contributed by atoms with Crippen LogP contribution < -0.4 is 49.7 Å². The molecule has 0 bridgehead atoms. The smallest absolute Gasteiger partial charge is 0.328 e. The standard InChI is InChI=1S/C10H24N2O3.C6H16N2O2.C6H14N2O2.C5H6O3.5C4H4O4/c11-3-1-5-13-7-9-15-10-8-14-6-2-4-12;7-1-3-9-5-6-10-4-2-8;7-4-2-1-3-5(8)6(9)10;1-4(6)2-3-5(7)8;5*5-3(6)1-2-4(7)8/h1-12H2;1-8H2;5H,1-4,7-8H2,(H,9,10);2-3,6H,1H2,(H,7,8);5*1-2H,(H,5,6)(H,7,8)/p+1/b;;;3-2-;5*2-1-/t;;5-;;;;;;/m..0....../s1. The fourth-order valence-corrected chi connectivity index (χ4v) is 2.98. The molecule has 0 amide bonds. The molecule has 0 spiro atoms. The predicted octanol–water partition coefficient (Wildman–Crippen LogP) is -9.42. The van der Waals surface area contributed by atoms with Gasteiger partial charge in [0.15, 0.2) is 0 Å². The Hall–Kier alpha value is -8.82. The Morgan fingerprint density at radius 3 is 0.759 bits per heavy atom. The summed E-state index contributed by atoms with van der Waals surface area (Å²) < 4.78 is 26.2. The molecule has 0 aliphatic carbocycles. The molecule has 0 aromatic carbocycles. The van der Waals surface area contributed by atoms with E-state index in [1.54, 1.807) is 0 Å². The third kappa shape index (κ3) is 153. The van der Waals surface area contributed by atoms with Crippen molar-refractivity contribution in [1.82, 2.24) is 0 Å². The Labute approximate surface area is 475 Å². The Balaban J connectivity index is -0.000000107. The number of ether oxygens (including phenoxy) is 5. The Morgan fingerprint density at radius 2 is 0.590 bits per heavy atom. The van der Waals surface area contributed by atoms with Crippen molar-refractivity contribution in [3.63, 3.8) is 0 Å². The van der Waals surface area contributed by atoms with Crippen LogP contribution in [0.15, 0.2) is 85.3 Å². The number of hydrogen-bond acceptors (Lipinski definition) is 23. The number of hydrogen-bond donors (Lipinski definition) is 16. The molecule has 0 aromatic heterocycles. The van der Waals surface area contributed by atoms with Crippen LogP contribution in [-0.4, -0.2) is 228 Å². The van der Waals surface area contributed by atoms with Gasteiger partial charge in [0.05, 0.1) is 110 Å². The average molecular weight is 1210 g/mol. The van der Waals surface area contributed by atoms with E-state index in [1.165, 1.54) is 0 Å². The highest BCUT2D eigenvalue weighted by molar-refractivity contribution is 5.91. The molecule has 0 rings (SSSR count). The zero-order valence-corrected chi connectivity index (χ0v) is 45.5. The first kappa shape index (κ1) is 93.5. The predicted molar refractivity (Wildman–Crippen MR) is 276 cm³/mol. The second-order valence-electron chi connectivity index (χ2n) is 13.6. The van der Waals surface area contributed by atoms with Crippen LogP contribution in [-0.2, 0) is 81.2 Å². The number of nitrogens with two attached hydrogens (primary N) is 2. The lowest BCUT2D eigenvalue weighted by atomic mass is 10.1. The average Bonchev–Trinajstić information content (AvgIpc) is 3.39. The molecule has 36 nitrogen and oxygen atoms in total. The maximum Gasteiger partial charge on any atom is 0.328 e. The zero-order valence-electron chi connectivity index (χ0n) is 45.5. The summed E-state index contributed by atoms with van der Waals surface area (Å²) in [6, 6.07) is -0.716. The van der Waals surface area contributed by atoms with E-state index >= 15 is 0 Å². The van der Waals surface area contributed by atoms with E-state index in [2.05, 4.69) is 29.5 Å². The van der Waals surface area contributed by atoms with Gasteiger partial charge in [-0.3, -0.25) is 4.79 Å². The number of aliphatic carboxylic acids is 12. The summed E-state index contributed by atoms with van der Waals surface area (Å²) in [5.74, 6) is -15.7. The number of allylic oxidation sites excluding steroid dienone is 1. The van der Waals surface area contributed by atoms with Gasteiger partial charge in [-0.25, -0.2) is 38.4 Å². The van der Waals surface area contributed by atoms with E-state index < -0.39 is 77.7 Å². The summed E-state index contributed by atoms with van der Waals surface area (Å²) in [4.78, 5) is 115. The van der Waals surface area contributed by atoms with Crippen molar-refractivity contribution in [2.45, 2.75) is 38.1 Å². The molecule has 26 N–H and O–H groups in total. The van der Waals surface area contributed by atoms with E-state index in [-0.39, 0.29) is 5.76 Å². The van der Waals surface area contributed by atoms with E-state index in [0.29, 0.717) is 113 Å². The van der Waals surface area contributed by atoms with Gasteiger partial charge in [-0.05, 0) is 43.7 Å². The fraction of sp³-hybridized carbons (Fsp3) is 0.447. The minimum Gasteiger partial charge on any atom is -0.545 e. The number of quaternary nitrogens is 4. The maximum atomic E-state index is 10.1. The highest BCUT2D eigenvalue weighted by atomic mass is 16.5. The van der Waals surface area contributed by atoms with Gasteiger partial charge in [0, 0.05) is 61.4 Å². The van der Waals surface area contributed by atoms with Gasteiger partial charge < -0.3 is 139 Å². The summed E-state index contributed by atoms with van der Waals surface area (Å²) in [5.41, 5.74) is 25.2. The van der Waals surface area contributed by atoms with Crippen LogP contribution >= 0.6 is 0 Å². The molecule has 0 fully saturated rings. The first-order valence-corrected chi connectivity index (χ1v) is 23.4. The largest absolute Gasteiger partial charge is 0.545 e. The quantitative estimate of drug-likeness (QED) is 0.0120. The van der Waals surface area contributed by atoms with Crippen LogP contribution in [0, 0.1) is 0 Å². The van der Waals surface area contributed by atoms with Gasteiger partial charge >= 0.3 is 53.7 Å². The van der Waals surface area contributed by atoms with Gasteiger partial charge in [0.25, 0.3) is 0 Å². The van der Waals surface area contributed by atoms with Crippen molar-refractivity contribution >= 4 is 71.6 Å². The van der Waals surface area contributed by atoms with E-state index in [0.717, 1.165) is 90.4 Å². The molecule has 0 saturated carbocycles. The number of unbranched alkanes of at least 4 members (excludes halogenated alkanes) is 1. The van der Waals surface area contributed by atoms with E-state index in [1.807, 2.05) is 0 Å². The summed E-state index contributed by atoms with van der Waals surface area (Å²) in [5, 5.41) is 107. The third-order valence-electron chi connectivity index (χ3n) is 6.30. The number of carboxylic acid groups (broad SMARTS) is 12. The molecule has 0 radical (unpaired) electrons. The Bertz CT molecular complexity index is 1580. The molecule has 36 heteroatoms. The number of carbonyl (C=O) groups excluding carboxylic acids is 3. The first-order valence-electron chi connectivity index (χ1n) is 23.4. The molecular weight excluding hydrogens is 1130 g/mol. The van der Waals surface area contributed by atoms with Gasteiger partial charge in [0.1, 0.15) is 11.8 Å². The highest BCUT2D eigenvalue weighted by Gasteiger charge is 2.09. The minimum atomic E-state index is -1.51. The van der Waals surface area contributed by atoms with Crippen LogP contribution in [0.1, 0.15) is 32.1 Å². The van der Waals surface area contributed by atoms with Gasteiger partial charge in [-0.15, -0.1) is 0 Å². The molecule has 0 aliphatic rings. The SMILES string of the molecule is C=C(O)/C=C\C(=O)O.NCCCC[C@H](N)C(=O)O.O=C(O)/C=C\C(=O)O.O=C(O)/C=C\C(=O)O.O=C([O-])/C=C\C(=O)O.O=C([O-])/C=C\C(=O)O.O=C([O-])/C=C\C(=O)O.[NH3+]CCCOCCOCCOCCC[NH3+].[NH3+]CCOCCOCC[NH3+]. The van der Waals surface area contributed by atoms with Crippen molar-refractivity contribution < 1.29 is 171 Å². The fourth-order valence-electron chi connectivity index (χ4n) is 2.98. The second-order valence-corrected chi connectivity index (χ2v) is 13.6. The highest BCUT2D eigenvalue weighted by Crippen LogP contribution is 1.97. The first-order chi connectivity index (χ1) is 38.8. The monoisotopic (exact) mass is 1210 g/mol. The molecule has 0 saturated heterocycles. The van der Waals surface area contributed by atoms with Crippen molar-refractivity contribution in [3.8, 4) is 0 Å². The number of carboxylic acids is 12.